The van der Waals surface area contributed by atoms with Gasteiger partial charge in [-0.05, 0) is 25.2 Å². The van der Waals surface area contributed by atoms with E-state index in [0.717, 1.165) is 4.90 Å². The highest BCUT2D eigenvalue weighted by Crippen LogP contribution is 2.25. The summed E-state index contributed by atoms with van der Waals surface area (Å²) in [5.74, 6) is -0.573. The van der Waals surface area contributed by atoms with Crippen LogP contribution in [0.5, 0.6) is 0 Å². The van der Waals surface area contributed by atoms with Crippen molar-refractivity contribution in [2.24, 2.45) is 0 Å². The Labute approximate surface area is 129 Å². The minimum absolute atomic E-state index is 0.255. The van der Waals surface area contributed by atoms with E-state index in [0.29, 0.717) is 5.02 Å². The zero-order chi connectivity index (χ0) is 16.2. The van der Waals surface area contributed by atoms with Crippen molar-refractivity contribution in [3.63, 3.8) is 0 Å². The topological polar surface area (TPSA) is 52.6 Å². The van der Waals surface area contributed by atoms with Crippen LogP contribution in [0.2, 0.25) is 10.0 Å². The minimum atomic E-state index is -4.72. The maximum absolute atomic E-state index is 12.2. The Morgan fingerprint density at radius 2 is 2.05 bits per heavy atom. The fourth-order valence-electron chi connectivity index (χ4n) is 1.49. The van der Waals surface area contributed by atoms with Crippen LogP contribution in [-0.4, -0.2) is 48.3 Å². The number of likely N-dealkylation sites (N-methyl/N-ethyl adjacent to an activating group) is 1. The molecule has 0 aliphatic heterocycles. The molecule has 0 saturated carbocycles. The number of benzene rings is 1. The van der Waals surface area contributed by atoms with E-state index in [9.17, 15) is 18.0 Å². The van der Waals surface area contributed by atoms with Crippen LogP contribution in [0, 0.1) is 0 Å². The number of carbonyl (C=O) groups excluding carboxylic acids is 1. The van der Waals surface area contributed by atoms with Gasteiger partial charge in [-0.3, -0.25) is 9.69 Å². The Hall–Kier alpha value is -1.02. The lowest BCUT2D eigenvalue weighted by Crippen LogP contribution is -2.42. The second-order valence-corrected chi connectivity index (χ2v) is 5.27. The molecule has 2 N–H and O–H groups in total. The van der Waals surface area contributed by atoms with Gasteiger partial charge in [0.1, 0.15) is 0 Å². The monoisotopic (exact) mass is 344 g/mol. The summed E-state index contributed by atoms with van der Waals surface area (Å²) in [6, 6.07) is 4.44. The maximum atomic E-state index is 12.2. The number of amides is 1. The summed E-state index contributed by atoms with van der Waals surface area (Å²) in [6.07, 6.45) is -7.23. The van der Waals surface area contributed by atoms with E-state index in [2.05, 4.69) is 5.32 Å². The van der Waals surface area contributed by atoms with Crippen molar-refractivity contribution in [2.45, 2.75) is 12.3 Å². The number of nitrogens with one attached hydrogen (secondary N) is 1. The van der Waals surface area contributed by atoms with Crippen molar-refractivity contribution in [3.8, 4) is 0 Å². The van der Waals surface area contributed by atoms with Crippen molar-refractivity contribution in [2.75, 3.05) is 25.5 Å². The van der Waals surface area contributed by atoms with E-state index in [1.807, 2.05) is 0 Å². The molecule has 0 heterocycles. The molecule has 1 unspecified atom stereocenters. The highest BCUT2D eigenvalue weighted by Gasteiger charge is 2.38. The minimum Gasteiger partial charge on any atom is -0.382 e. The number of hydrogen-bond acceptors (Lipinski definition) is 3. The van der Waals surface area contributed by atoms with E-state index in [-0.39, 0.29) is 17.3 Å². The first-order valence-corrected chi connectivity index (χ1v) is 6.53. The Morgan fingerprint density at radius 3 is 2.62 bits per heavy atom. The largest absolute Gasteiger partial charge is 0.415 e. The molecule has 21 heavy (non-hydrogen) atoms. The molecule has 0 bridgehead atoms. The van der Waals surface area contributed by atoms with E-state index in [1.165, 1.54) is 25.2 Å². The number of alkyl halides is 3. The number of rotatable bonds is 5. The number of nitrogens with zero attached hydrogens (tertiary/aromatic N) is 1. The summed E-state index contributed by atoms with van der Waals surface area (Å²) in [5.41, 5.74) is 0.263. The SMILES string of the molecule is CN(CC(=O)Nc1cc(Cl)ccc1Cl)CC(O)C(F)(F)F. The summed E-state index contributed by atoms with van der Waals surface area (Å²) in [6.45, 7) is -1.05. The number of anilines is 1. The number of hydrogen-bond donors (Lipinski definition) is 2. The first kappa shape index (κ1) is 18.0. The first-order valence-electron chi connectivity index (χ1n) is 5.78. The van der Waals surface area contributed by atoms with Crippen LogP contribution >= 0.6 is 23.2 Å². The smallest absolute Gasteiger partial charge is 0.382 e. The van der Waals surface area contributed by atoms with Crippen molar-refractivity contribution in [3.05, 3.63) is 28.2 Å². The molecule has 118 valence electrons. The lowest BCUT2D eigenvalue weighted by Gasteiger charge is -2.21. The van der Waals surface area contributed by atoms with Crippen molar-refractivity contribution in [1.29, 1.82) is 0 Å². The van der Waals surface area contributed by atoms with Crippen LogP contribution in [-0.2, 0) is 4.79 Å². The lowest BCUT2D eigenvalue weighted by atomic mass is 10.3. The Bertz CT molecular complexity index is 512. The predicted molar refractivity (Wildman–Crippen MR) is 74.7 cm³/mol. The van der Waals surface area contributed by atoms with Crippen LogP contribution in [0.4, 0.5) is 18.9 Å². The highest BCUT2D eigenvalue weighted by atomic mass is 35.5. The molecule has 0 aromatic heterocycles. The van der Waals surface area contributed by atoms with Crippen LogP contribution in [0.3, 0.4) is 0 Å². The first-order chi connectivity index (χ1) is 9.59. The number of halogens is 5. The molecule has 9 heteroatoms. The molecule has 0 saturated heterocycles. The van der Waals surface area contributed by atoms with Gasteiger partial charge in [-0.1, -0.05) is 23.2 Å². The molecule has 0 spiro atoms. The number of aliphatic hydroxyl groups is 1. The van der Waals surface area contributed by atoms with E-state index < -0.39 is 24.7 Å². The lowest BCUT2D eigenvalue weighted by molar-refractivity contribution is -0.207. The van der Waals surface area contributed by atoms with Gasteiger partial charge in [0.25, 0.3) is 0 Å². The molecule has 1 rings (SSSR count). The molecule has 1 amide bonds. The summed E-state index contributed by atoms with van der Waals surface area (Å²) in [5, 5.41) is 11.9. The van der Waals surface area contributed by atoms with Crippen molar-refractivity contribution < 1.29 is 23.1 Å². The molecule has 0 aliphatic carbocycles. The van der Waals surface area contributed by atoms with Crippen LogP contribution in [0.1, 0.15) is 0 Å². The second-order valence-electron chi connectivity index (χ2n) is 4.43. The predicted octanol–water partition coefficient (Wildman–Crippen LogP) is 2.79. The average molecular weight is 345 g/mol. The third kappa shape index (κ3) is 6.09. The fourth-order valence-corrected chi connectivity index (χ4v) is 1.83. The van der Waals surface area contributed by atoms with Gasteiger partial charge < -0.3 is 10.4 Å². The number of carbonyl (C=O) groups is 1. The standard InChI is InChI=1S/C12H13Cl2F3N2O2/c1-19(5-10(20)12(15,16)17)6-11(21)18-9-4-7(13)2-3-8(9)14/h2-4,10,20H,5-6H2,1H3,(H,18,21). The Balaban J connectivity index is 2.55. The van der Waals surface area contributed by atoms with Gasteiger partial charge in [-0.2, -0.15) is 13.2 Å². The van der Waals surface area contributed by atoms with Gasteiger partial charge in [0, 0.05) is 11.6 Å². The summed E-state index contributed by atoms with van der Waals surface area (Å²) in [7, 11) is 1.29. The third-order valence-electron chi connectivity index (χ3n) is 2.48. The van der Waals surface area contributed by atoms with Gasteiger partial charge in [0.15, 0.2) is 6.10 Å². The molecule has 1 aromatic rings. The van der Waals surface area contributed by atoms with Crippen LogP contribution < -0.4 is 5.32 Å². The normalized spacial score (nSPS) is 13.3. The van der Waals surface area contributed by atoms with Gasteiger partial charge in [-0.25, -0.2) is 0 Å². The molecule has 1 aromatic carbocycles. The zero-order valence-corrected chi connectivity index (χ0v) is 12.4. The van der Waals surface area contributed by atoms with Gasteiger partial charge in [0.05, 0.1) is 17.3 Å². The fraction of sp³-hybridized carbons (Fsp3) is 0.417. The summed E-state index contributed by atoms with van der Waals surface area (Å²) < 4.78 is 36.5. The molecule has 0 fully saturated rings. The van der Waals surface area contributed by atoms with Crippen LogP contribution in [0.25, 0.3) is 0 Å². The number of aliphatic hydroxyl groups excluding tert-OH is 1. The Morgan fingerprint density at radius 1 is 1.43 bits per heavy atom. The average Bonchev–Trinajstić information content (AvgIpc) is 2.32. The molecular formula is C12H13Cl2F3N2O2. The van der Waals surface area contributed by atoms with Gasteiger partial charge in [-0.15, -0.1) is 0 Å². The summed E-state index contributed by atoms with van der Waals surface area (Å²) >= 11 is 11.6. The van der Waals surface area contributed by atoms with Gasteiger partial charge >= 0.3 is 6.18 Å². The van der Waals surface area contributed by atoms with Crippen molar-refractivity contribution in [1.82, 2.24) is 4.90 Å². The summed E-state index contributed by atoms with van der Waals surface area (Å²) in [4.78, 5) is 12.7. The third-order valence-corrected chi connectivity index (χ3v) is 3.04. The molecule has 1 atom stereocenters. The van der Waals surface area contributed by atoms with E-state index in [1.54, 1.807) is 0 Å². The molecular weight excluding hydrogens is 332 g/mol. The van der Waals surface area contributed by atoms with Crippen LogP contribution in [0.15, 0.2) is 18.2 Å². The van der Waals surface area contributed by atoms with E-state index in [4.69, 9.17) is 28.3 Å². The quantitative estimate of drug-likeness (QED) is 0.863. The molecule has 4 nitrogen and oxygen atoms in total. The Kier molecular flexibility index (Phi) is 6.27. The second kappa shape index (κ2) is 7.31. The molecule has 0 aliphatic rings. The van der Waals surface area contributed by atoms with Gasteiger partial charge in [0.2, 0.25) is 5.91 Å². The van der Waals surface area contributed by atoms with E-state index >= 15 is 0 Å². The molecule has 0 radical (unpaired) electrons. The maximum Gasteiger partial charge on any atom is 0.415 e. The highest BCUT2D eigenvalue weighted by molar-refractivity contribution is 6.35. The van der Waals surface area contributed by atoms with Crippen molar-refractivity contribution >= 4 is 34.8 Å². The zero-order valence-electron chi connectivity index (χ0n) is 10.9.